The van der Waals surface area contributed by atoms with Crippen LogP contribution in [0, 0.1) is 26.3 Å². The number of rotatable bonds is 5. The third-order valence-corrected chi connectivity index (χ3v) is 7.06. The van der Waals surface area contributed by atoms with Crippen molar-refractivity contribution in [3.05, 3.63) is 91.0 Å². The van der Waals surface area contributed by atoms with Crippen molar-refractivity contribution in [3.8, 4) is 0 Å². The van der Waals surface area contributed by atoms with Gasteiger partial charge in [-0.2, -0.15) is 18.2 Å². The summed E-state index contributed by atoms with van der Waals surface area (Å²) < 4.78 is 9.01. The van der Waals surface area contributed by atoms with E-state index in [4.69, 9.17) is 10.6 Å². The van der Waals surface area contributed by atoms with Crippen LogP contribution in [0.25, 0.3) is 10.6 Å². The third kappa shape index (κ3) is 20.4. The number of nitro groups is 2. The summed E-state index contributed by atoms with van der Waals surface area (Å²) in [5, 5.41) is 30.1. The van der Waals surface area contributed by atoms with Crippen molar-refractivity contribution in [3.63, 3.8) is 0 Å². The van der Waals surface area contributed by atoms with Crippen molar-refractivity contribution < 1.29 is 28.0 Å². The van der Waals surface area contributed by atoms with Gasteiger partial charge in [0.15, 0.2) is 5.69 Å². The van der Waals surface area contributed by atoms with Crippen LogP contribution in [0.15, 0.2) is 55.5 Å². The van der Waals surface area contributed by atoms with Crippen molar-refractivity contribution in [2.45, 2.75) is 111 Å². The maximum absolute atomic E-state index is 10.7. The van der Waals surface area contributed by atoms with Crippen LogP contribution in [0.3, 0.4) is 0 Å². The summed E-state index contributed by atoms with van der Waals surface area (Å²) >= 11 is -0.473. The van der Waals surface area contributed by atoms with E-state index in [0.717, 1.165) is 5.56 Å². The van der Waals surface area contributed by atoms with Gasteiger partial charge in [-0.15, -0.1) is 11.1 Å². The van der Waals surface area contributed by atoms with E-state index in [-0.39, 0.29) is 39.7 Å². The molecule has 0 radical (unpaired) electrons. The van der Waals surface area contributed by atoms with Crippen LogP contribution in [-0.2, 0) is 18.2 Å². The normalized spacial score (nSPS) is 11.8. The van der Waals surface area contributed by atoms with E-state index in [9.17, 15) is 20.2 Å². The second-order valence-electron chi connectivity index (χ2n) is 12.9. The maximum atomic E-state index is 10.7. The largest absolute Gasteiger partial charge is 0.260 e. The average Bonchev–Trinajstić information content (AvgIpc) is 2.76. The number of benzene rings is 2. The minimum Gasteiger partial charge on any atom is -0.260 e. The third-order valence-electron chi connectivity index (χ3n) is 3.96. The first-order valence-corrected chi connectivity index (χ1v) is 14.7. The molecule has 0 aromatic heterocycles. The number of hydrogen-bond acceptors (Lipinski definition) is 6. The summed E-state index contributed by atoms with van der Waals surface area (Å²) in [5.74, 6) is 0. The molecule has 2 aromatic carbocycles. The van der Waals surface area contributed by atoms with Gasteiger partial charge in [0.2, 0.25) is 0 Å². The molecule has 0 amide bonds. The predicted octanol–water partition coefficient (Wildman–Crippen LogP) is 9.37. The Bertz CT molecular complexity index is 1090. The fraction of sp³-hybridized carbons (Fsp3) is 0.586. The summed E-state index contributed by atoms with van der Waals surface area (Å²) in [4.78, 5) is 19.9. The van der Waals surface area contributed by atoms with Crippen molar-refractivity contribution in [1.29, 1.82) is 0 Å². The Kier molecular flexibility index (Phi) is 15.0. The molecule has 2 rings (SSSR count). The van der Waals surface area contributed by atoms with E-state index in [1.54, 1.807) is 12.1 Å². The molecule has 11 heteroatoms. The first-order chi connectivity index (χ1) is 18.0. The molecule has 0 N–H and O–H groups in total. The van der Waals surface area contributed by atoms with Crippen molar-refractivity contribution in [1.82, 2.24) is 0 Å². The smallest absolute Gasteiger partial charge is 0.166 e. The Hall–Kier alpha value is -2.55. The van der Waals surface area contributed by atoms with E-state index in [1.807, 2.05) is 41.5 Å². The second kappa shape index (κ2) is 16.0. The van der Waals surface area contributed by atoms with Gasteiger partial charge in [-0.3, -0.25) is 20.2 Å². The molecule has 0 aliphatic carbocycles. The summed E-state index contributed by atoms with van der Waals surface area (Å²) in [6.07, 6.45) is -0.309. The molecule has 0 spiro atoms. The van der Waals surface area contributed by atoms with Crippen LogP contribution < -0.4 is 0 Å². The Morgan fingerprint density at radius 3 is 1.30 bits per heavy atom. The first-order valence-electron chi connectivity index (χ1n) is 12.9. The van der Waals surface area contributed by atoms with Crippen LogP contribution in [-0.4, -0.2) is 32.0 Å². The summed E-state index contributed by atoms with van der Waals surface area (Å²) in [6, 6.07) is 15.0. The van der Waals surface area contributed by atoms with Gasteiger partial charge in [-0.1, -0.05) is 71.4 Å². The van der Waals surface area contributed by atoms with Gasteiger partial charge in [0, 0.05) is 17.1 Å². The van der Waals surface area contributed by atoms with Crippen LogP contribution >= 0.6 is 0 Å². The van der Waals surface area contributed by atoms with Gasteiger partial charge < -0.3 is 10.6 Å². The second-order valence-corrected chi connectivity index (χ2v) is 14.2. The maximum Gasteiger partial charge on any atom is 0.166 e. The van der Waals surface area contributed by atoms with Gasteiger partial charge in [0.05, 0.1) is 4.92 Å². The Morgan fingerprint density at radius 1 is 0.675 bits per heavy atom. The van der Waals surface area contributed by atoms with E-state index >= 15 is 0 Å². The molecule has 0 bridgehead atoms. The molecule has 10 nitrogen and oxygen atoms in total. The molecule has 0 atom stereocenters. The monoisotopic (exact) mass is 639 g/mol. The molecule has 2 aromatic rings. The fourth-order valence-electron chi connectivity index (χ4n) is 2.44. The van der Waals surface area contributed by atoms with Crippen molar-refractivity contribution in [2.75, 3.05) is 0 Å². The van der Waals surface area contributed by atoms with Crippen molar-refractivity contribution >= 4 is 11.4 Å². The quantitative estimate of drug-likeness (QED) is 0.139. The predicted molar refractivity (Wildman–Crippen MR) is 158 cm³/mol. The zero-order valence-corrected chi connectivity index (χ0v) is 27.9. The number of nitrogens with zero attached hydrogens (tertiary/aromatic N) is 6. The van der Waals surface area contributed by atoms with Crippen LogP contribution in [0.1, 0.15) is 94.8 Å². The molecule has 224 valence electrons. The summed E-state index contributed by atoms with van der Waals surface area (Å²) in [5.41, 5.74) is 0.837. The molecule has 0 aliphatic rings. The molecule has 0 fully saturated rings. The van der Waals surface area contributed by atoms with Gasteiger partial charge in [-0.25, -0.2) is 6.17 Å². The molecular weight excluding hydrogens is 592 g/mol. The number of non-ortho nitro benzene ring substituents is 2. The minimum atomic E-state index is -0.473. The molecule has 0 unspecified atom stereocenters. The molecule has 0 heterocycles. The van der Waals surface area contributed by atoms with Crippen molar-refractivity contribution in [2.24, 2.45) is 6.99 Å². The Balaban J connectivity index is 0.000000638. The SMILES string of the molecule is CC(C)(C)[N-]C([N-]C(C)(C)C)c1ccc([N+](=O)[O-])cc1.CC(C)(C)[N]=[Mo]=[N]C(C)(C)C.O=[N+]([O-])c1cc[c-]cc1. The molecule has 0 aliphatic heterocycles. The first kappa shape index (κ1) is 37.4. The molecular formula is C29H45MoN6O4-3. The number of nitro benzene ring substituents is 2. The summed E-state index contributed by atoms with van der Waals surface area (Å²) in [7, 11) is 0. The van der Waals surface area contributed by atoms with E-state index < -0.39 is 28.0 Å². The Morgan fingerprint density at radius 2 is 1.02 bits per heavy atom. The standard InChI is InChI=1S/C15H23N3O2.C6H4NO2.2C4H9N.Mo/c1-14(2,3)16-13(17-15(4,5)6)11-7-9-12(10-8-11)18(19)20;8-7(9)6-4-2-1-3-5-6;2*1-4(2,3)5;/h7-10,13H,1-6H3;2-5H;2*1-3H3;/q-2;-1;;;. The van der Waals surface area contributed by atoms with Crippen LogP contribution in [0.2, 0.25) is 0 Å². The van der Waals surface area contributed by atoms with Crippen LogP contribution in [0.4, 0.5) is 11.4 Å². The number of hydrogen-bond donors (Lipinski definition) is 0. The van der Waals surface area contributed by atoms with E-state index in [2.05, 4.69) is 54.6 Å². The van der Waals surface area contributed by atoms with Gasteiger partial charge in [0.1, 0.15) is 0 Å². The molecule has 0 saturated carbocycles. The average molecular weight is 638 g/mol. The van der Waals surface area contributed by atoms with E-state index in [1.165, 1.54) is 36.4 Å². The zero-order valence-electron chi connectivity index (χ0n) is 25.9. The van der Waals surface area contributed by atoms with E-state index in [0.29, 0.717) is 0 Å². The molecule has 0 saturated heterocycles. The van der Waals surface area contributed by atoms with Gasteiger partial charge >= 0.3 is 77.8 Å². The fourth-order valence-corrected chi connectivity index (χ4v) is 3.75. The van der Waals surface area contributed by atoms with Crippen LogP contribution in [0.5, 0.6) is 0 Å². The zero-order chi connectivity index (χ0) is 31.4. The van der Waals surface area contributed by atoms with Gasteiger partial charge in [-0.05, 0) is 0 Å². The molecule has 40 heavy (non-hydrogen) atoms. The summed E-state index contributed by atoms with van der Waals surface area (Å²) in [6.45, 7) is 24.8. The van der Waals surface area contributed by atoms with Gasteiger partial charge in [0.25, 0.3) is 5.69 Å². The Labute approximate surface area is 248 Å². The minimum absolute atomic E-state index is 0.0824. The topological polar surface area (TPSA) is 139 Å².